The van der Waals surface area contributed by atoms with Crippen molar-refractivity contribution in [2.24, 2.45) is 5.73 Å². The van der Waals surface area contributed by atoms with Gasteiger partial charge in [-0.3, -0.25) is 0 Å². The topological polar surface area (TPSA) is 44.5 Å². The molecule has 1 rings (SSSR count). The van der Waals surface area contributed by atoms with Crippen LogP contribution in [0, 0.1) is 0 Å². The maximum absolute atomic E-state index is 6.17. The second-order valence-corrected chi connectivity index (χ2v) is 5.14. The summed E-state index contributed by atoms with van der Waals surface area (Å²) in [6.45, 7) is 8.18. The first-order valence-electron chi connectivity index (χ1n) is 5.87. The molecule has 0 aliphatic carbocycles. The third-order valence-corrected chi connectivity index (χ3v) is 2.85. The summed E-state index contributed by atoms with van der Waals surface area (Å²) in [4.78, 5) is 0. The van der Waals surface area contributed by atoms with Crippen LogP contribution in [-0.4, -0.2) is 14.2 Å². The van der Waals surface area contributed by atoms with Crippen molar-refractivity contribution in [1.82, 2.24) is 0 Å². The first kappa shape index (κ1) is 13.8. The molecule has 2 N–H and O–H groups in total. The van der Waals surface area contributed by atoms with E-state index >= 15 is 0 Å². The van der Waals surface area contributed by atoms with E-state index in [9.17, 15) is 0 Å². The van der Waals surface area contributed by atoms with Crippen LogP contribution in [0.3, 0.4) is 0 Å². The minimum absolute atomic E-state index is 0.321. The van der Waals surface area contributed by atoms with Crippen LogP contribution in [0.5, 0.6) is 11.5 Å². The van der Waals surface area contributed by atoms with Gasteiger partial charge in [0.25, 0.3) is 0 Å². The lowest BCUT2D eigenvalue weighted by molar-refractivity contribution is 0.369. The van der Waals surface area contributed by atoms with Crippen LogP contribution in [-0.2, 0) is 5.54 Å². The molecular weight excluding hydrogens is 214 g/mol. The lowest BCUT2D eigenvalue weighted by atomic mass is 9.89. The van der Waals surface area contributed by atoms with Crippen LogP contribution in [0.15, 0.2) is 12.1 Å². The van der Waals surface area contributed by atoms with Gasteiger partial charge in [0.15, 0.2) is 0 Å². The van der Waals surface area contributed by atoms with Gasteiger partial charge in [-0.25, -0.2) is 0 Å². The molecule has 0 fully saturated rings. The largest absolute Gasteiger partial charge is 0.496 e. The highest BCUT2D eigenvalue weighted by Gasteiger charge is 2.25. The lowest BCUT2D eigenvalue weighted by Crippen LogP contribution is -2.29. The first-order chi connectivity index (χ1) is 7.82. The minimum Gasteiger partial charge on any atom is -0.496 e. The smallest absolute Gasteiger partial charge is 0.131 e. The Kier molecular flexibility index (Phi) is 4.04. The molecule has 0 radical (unpaired) electrons. The van der Waals surface area contributed by atoms with Crippen molar-refractivity contribution in [3.05, 3.63) is 23.3 Å². The number of hydrogen-bond donors (Lipinski definition) is 1. The van der Waals surface area contributed by atoms with Crippen molar-refractivity contribution in [2.45, 2.75) is 39.2 Å². The van der Waals surface area contributed by atoms with Gasteiger partial charge in [-0.1, -0.05) is 13.8 Å². The van der Waals surface area contributed by atoms with E-state index in [2.05, 4.69) is 13.8 Å². The molecule has 3 nitrogen and oxygen atoms in total. The molecule has 17 heavy (non-hydrogen) atoms. The van der Waals surface area contributed by atoms with Crippen LogP contribution in [0.25, 0.3) is 0 Å². The highest BCUT2D eigenvalue weighted by atomic mass is 16.5. The molecule has 0 aromatic heterocycles. The Morgan fingerprint density at radius 1 is 1.12 bits per heavy atom. The maximum Gasteiger partial charge on any atom is 0.131 e. The van der Waals surface area contributed by atoms with Gasteiger partial charge in [0.05, 0.1) is 14.2 Å². The van der Waals surface area contributed by atoms with Crippen LogP contribution in [0.4, 0.5) is 0 Å². The van der Waals surface area contributed by atoms with Gasteiger partial charge in [-0.15, -0.1) is 0 Å². The van der Waals surface area contributed by atoms with Crippen LogP contribution in [0.1, 0.15) is 44.7 Å². The Morgan fingerprint density at radius 3 is 2.06 bits per heavy atom. The van der Waals surface area contributed by atoms with E-state index in [4.69, 9.17) is 15.2 Å². The zero-order chi connectivity index (χ0) is 13.2. The first-order valence-corrected chi connectivity index (χ1v) is 5.87. The fourth-order valence-corrected chi connectivity index (χ4v) is 2.03. The maximum atomic E-state index is 6.17. The molecule has 0 aliphatic heterocycles. The number of rotatable bonds is 4. The molecular formula is C14H23NO2. The number of nitrogens with two attached hydrogens (primary N) is 1. The van der Waals surface area contributed by atoms with E-state index in [1.807, 2.05) is 26.0 Å². The summed E-state index contributed by atoms with van der Waals surface area (Å²) in [5.74, 6) is 2.01. The zero-order valence-electron chi connectivity index (χ0n) is 11.6. The van der Waals surface area contributed by atoms with Gasteiger partial charge in [0.1, 0.15) is 11.5 Å². The molecule has 0 heterocycles. The third-order valence-electron chi connectivity index (χ3n) is 2.85. The molecule has 96 valence electrons. The molecule has 0 bridgehead atoms. The van der Waals surface area contributed by atoms with Gasteiger partial charge >= 0.3 is 0 Å². The highest BCUT2D eigenvalue weighted by Crippen LogP contribution is 2.40. The molecule has 0 saturated carbocycles. The molecule has 0 amide bonds. The van der Waals surface area contributed by atoms with Crippen molar-refractivity contribution in [1.29, 1.82) is 0 Å². The van der Waals surface area contributed by atoms with Gasteiger partial charge in [0, 0.05) is 16.7 Å². The summed E-state index contributed by atoms with van der Waals surface area (Å²) in [6, 6.07) is 3.94. The second kappa shape index (κ2) is 4.96. The van der Waals surface area contributed by atoms with Crippen molar-refractivity contribution in [3.63, 3.8) is 0 Å². The third kappa shape index (κ3) is 2.72. The number of ether oxygens (including phenoxy) is 2. The molecule has 3 heteroatoms. The molecule has 0 spiro atoms. The SMILES string of the molecule is COc1ccc(C(C)(C)N)c(OC)c1C(C)C. The van der Waals surface area contributed by atoms with E-state index in [1.54, 1.807) is 14.2 Å². The molecule has 0 unspecified atom stereocenters. The van der Waals surface area contributed by atoms with Crippen LogP contribution in [0.2, 0.25) is 0 Å². The summed E-state index contributed by atoms with van der Waals surface area (Å²) in [7, 11) is 3.35. The second-order valence-electron chi connectivity index (χ2n) is 5.14. The van der Waals surface area contributed by atoms with Crippen molar-refractivity contribution < 1.29 is 9.47 Å². The van der Waals surface area contributed by atoms with E-state index in [-0.39, 0.29) is 0 Å². The van der Waals surface area contributed by atoms with Gasteiger partial charge in [0.2, 0.25) is 0 Å². The quantitative estimate of drug-likeness (QED) is 0.875. The van der Waals surface area contributed by atoms with Crippen molar-refractivity contribution in [3.8, 4) is 11.5 Å². The van der Waals surface area contributed by atoms with Gasteiger partial charge in [-0.2, -0.15) is 0 Å². The summed E-state index contributed by atoms with van der Waals surface area (Å²) < 4.78 is 10.9. The minimum atomic E-state index is -0.429. The van der Waals surface area contributed by atoms with Crippen molar-refractivity contribution in [2.75, 3.05) is 14.2 Å². The van der Waals surface area contributed by atoms with Gasteiger partial charge < -0.3 is 15.2 Å². The number of benzene rings is 1. The molecule has 0 aliphatic rings. The van der Waals surface area contributed by atoms with Crippen molar-refractivity contribution >= 4 is 0 Å². The number of methoxy groups -OCH3 is 2. The fourth-order valence-electron chi connectivity index (χ4n) is 2.03. The van der Waals surface area contributed by atoms with Gasteiger partial charge in [-0.05, 0) is 31.9 Å². The summed E-state index contributed by atoms with van der Waals surface area (Å²) in [6.07, 6.45) is 0. The molecule has 1 aromatic rings. The Morgan fingerprint density at radius 2 is 1.71 bits per heavy atom. The zero-order valence-corrected chi connectivity index (χ0v) is 11.6. The van der Waals surface area contributed by atoms with E-state index in [1.165, 1.54) is 0 Å². The van der Waals surface area contributed by atoms with E-state index in [0.29, 0.717) is 5.92 Å². The summed E-state index contributed by atoms with van der Waals surface area (Å²) in [5, 5.41) is 0. The normalized spacial score (nSPS) is 11.8. The Hall–Kier alpha value is -1.22. The van der Waals surface area contributed by atoms with Crippen LogP contribution < -0.4 is 15.2 Å². The summed E-state index contributed by atoms with van der Waals surface area (Å²) >= 11 is 0. The highest BCUT2D eigenvalue weighted by molar-refractivity contribution is 5.53. The molecule has 0 saturated heterocycles. The lowest BCUT2D eigenvalue weighted by Gasteiger charge is -2.26. The fraction of sp³-hybridized carbons (Fsp3) is 0.571. The Bertz CT molecular complexity index is 392. The summed E-state index contributed by atoms with van der Waals surface area (Å²) in [5.41, 5.74) is 7.82. The Labute approximate surface area is 104 Å². The average Bonchev–Trinajstić information content (AvgIpc) is 2.25. The standard InChI is InChI=1S/C14H23NO2/c1-9(2)12-11(16-5)8-7-10(13(12)17-6)14(3,4)15/h7-9H,15H2,1-6H3. The average molecular weight is 237 g/mol. The predicted molar refractivity (Wildman–Crippen MR) is 70.8 cm³/mol. The monoisotopic (exact) mass is 237 g/mol. The molecule has 1 aromatic carbocycles. The van der Waals surface area contributed by atoms with E-state index < -0.39 is 5.54 Å². The van der Waals surface area contributed by atoms with E-state index in [0.717, 1.165) is 22.6 Å². The predicted octanol–water partition coefficient (Wildman–Crippen LogP) is 3.02. The molecule has 0 atom stereocenters. The van der Waals surface area contributed by atoms with Crippen LogP contribution >= 0.6 is 0 Å². The number of hydrogen-bond acceptors (Lipinski definition) is 3. The Balaban J connectivity index is 3.52.